The molecule has 0 radical (unpaired) electrons. The average Bonchev–Trinajstić information content (AvgIpc) is 2.36. The van der Waals surface area contributed by atoms with Gasteiger partial charge in [-0.1, -0.05) is 45.4 Å². The summed E-state index contributed by atoms with van der Waals surface area (Å²) in [5, 5.41) is 10.5. The first-order chi connectivity index (χ1) is 9.70. The lowest BCUT2D eigenvalue weighted by atomic mass is 9.45. The number of fused-ring (bicyclic) bond motifs is 3. The number of hydrogen-bond acceptors (Lipinski definition) is 1. The maximum absolute atomic E-state index is 10.5. The van der Waals surface area contributed by atoms with E-state index in [0.717, 1.165) is 18.8 Å². The molecule has 0 bridgehead atoms. The average molecular weight is 288 g/mol. The fourth-order valence-corrected chi connectivity index (χ4v) is 6.18. The molecule has 0 unspecified atom stereocenters. The van der Waals surface area contributed by atoms with Crippen LogP contribution in [0.4, 0.5) is 0 Å². The summed E-state index contributed by atoms with van der Waals surface area (Å²) in [5.74, 6) is 1.43. The van der Waals surface area contributed by atoms with Gasteiger partial charge >= 0.3 is 0 Å². The fourth-order valence-electron chi connectivity index (χ4n) is 6.18. The predicted molar refractivity (Wildman–Crippen MR) is 89.0 cm³/mol. The lowest BCUT2D eigenvalue weighted by molar-refractivity contribution is -0.108. The molecule has 0 spiro atoms. The van der Waals surface area contributed by atoms with Crippen LogP contribution < -0.4 is 0 Å². The number of rotatable bonds is 1. The van der Waals surface area contributed by atoms with Crippen molar-refractivity contribution in [2.45, 2.75) is 72.3 Å². The van der Waals surface area contributed by atoms with Crippen molar-refractivity contribution in [2.75, 3.05) is 0 Å². The third kappa shape index (κ3) is 2.32. The summed E-state index contributed by atoms with van der Waals surface area (Å²) in [6.07, 6.45) is 11.5. The van der Waals surface area contributed by atoms with Crippen LogP contribution in [0.15, 0.2) is 24.3 Å². The Labute approximate surface area is 130 Å². The van der Waals surface area contributed by atoms with Crippen LogP contribution in [0.2, 0.25) is 0 Å². The number of aliphatic hydroxyl groups is 1. The smallest absolute Gasteiger partial charge is 0.0551 e. The molecule has 1 heteroatoms. The zero-order valence-electron chi connectivity index (χ0n) is 14.3. The number of hydrogen-bond donors (Lipinski definition) is 1. The second kappa shape index (κ2) is 4.72. The third-order valence-electron chi connectivity index (χ3n) is 7.09. The van der Waals surface area contributed by atoms with Crippen molar-refractivity contribution in [3.63, 3.8) is 0 Å². The van der Waals surface area contributed by atoms with E-state index in [0.29, 0.717) is 5.92 Å². The molecule has 0 aromatic heterocycles. The molecule has 2 fully saturated rings. The van der Waals surface area contributed by atoms with Crippen LogP contribution in [0, 0.1) is 28.1 Å². The molecule has 1 nitrogen and oxygen atoms in total. The highest BCUT2D eigenvalue weighted by molar-refractivity contribution is 5.26. The minimum absolute atomic E-state index is 0.117. The highest BCUT2D eigenvalue weighted by atomic mass is 16.3. The first-order valence-corrected chi connectivity index (χ1v) is 8.73. The fraction of sp³-hybridized carbons (Fsp3) is 0.800. The molecule has 2 saturated carbocycles. The minimum Gasteiger partial charge on any atom is -0.393 e. The molecule has 5 atom stereocenters. The molecule has 118 valence electrons. The minimum atomic E-state index is -0.117. The lowest BCUT2D eigenvalue weighted by Crippen LogP contribution is -2.54. The van der Waals surface area contributed by atoms with E-state index in [-0.39, 0.29) is 22.3 Å². The van der Waals surface area contributed by atoms with Crippen LogP contribution in [0.3, 0.4) is 0 Å². The van der Waals surface area contributed by atoms with Crippen molar-refractivity contribution >= 4 is 0 Å². The summed E-state index contributed by atoms with van der Waals surface area (Å²) in [6, 6.07) is 0. The van der Waals surface area contributed by atoms with Gasteiger partial charge in [0.2, 0.25) is 0 Å². The van der Waals surface area contributed by atoms with Crippen molar-refractivity contribution in [3.8, 4) is 0 Å². The summed E-state index contributed by atoms with van der Waals surface area (Å²) in [6.45, 7) is 13.6. The zero-order chi connectivity index (χ0) is 15.5. The number of aliphatic hydroxyl groups excluding tert-OH is 1. The molecule has 3 aliphatic rings. The van der Waals surface area contributed by atoms with Gasteiger partial charge in [-0.2, -0.15) is 0 Å². The van der Waals surface area contributed by atoms with Crippen molar-refractivity contribution in [3.05, 3.63) is 24.3 Å². The summed E-state index contributed by atoms with van der Waals surface area (Å²) in [5.41, 5.74) is 2.41. The lowest BCUT2D eigenvalue weighted by Gasteiger charge is -2.60. The Bertz CT molecular complexity index is 474. The molecule has 0 aliphatic heterocycles. The molecule has 0 aromatic rings. The Balaban J connectivity index is 1.99. The SMILES string of the molecule is C=C[C@@]1(C)C=C2CC[C@@H]3C(C)(C)C[C@@H](O)C[C@@]3(C)[C@@H]2CC1. The van der Waals surface area contributed by atoms with Gasteiger partial charge in [-0.25, -0.2) is 0 Å². The van der Waals surface area contributed by atoms with E-state index in [1.54, 1.807) is 5.57 Å². The molecule has 1 N–H and O–H groups in total. The predicted octanol–water partition coefficient (Wildman–Crippen LogP) is 5.11. The van der Waals surface area contributed by atoms with Crippen LogP contribution in [0.5, 0.6) is 0 Å². The Kier molecular flexibility index (Phi) is 3.44. The summed E-state index contributed by atoms with van der Waals surface area (Å²) >= 11 is 0. The van der Waals surface area contributed by atoms with Crippen molar-refractivity contribution in [1.29, 1.82) is 0 Å². The maximum Gasteiger partial charge on any atom is 0.0551 e. The highest BCUT2D eigenvalue weighted by Gasteiger charge is 2.56. The van der Waals surface area contributed by atoms with Gasteiger partial charge in [0.1, 0.15) is 0 Å². The molecule has 3 aliphatic carbocycles. The Hall–Kier alpha value is -0.560. The summed E-state index contributed by atoms with van der Waals surface area (Å²) in [7, 11) is 0. The van der Waals surface area contributed by atoms with Crippen molar-refractivity contribution in [1.82, 2.24) is 0 Å². The van der Waals surface area contributed by atoms with Gasteiger partial charge in [0.25, 0.3) is 0 Å². The van der Waals surface area contributed by atoms with Crippen molar-refractivity contribution in [2.24, 2.45) is 28.1 Å². The van der Waals surface area contributed by atoms with Gasteiger partial charge < -0.3 is 5.11 Å². The second-order valence-electron chi connectivity index (χ2n) is 9.17. The van der Waals surface area contributed by atoms with Gasteiger partial charge in [0.15, 0.2) is 0 Å². The molecule has 0 saturated heterocycles. The van der Waals surface area contributed by atoms with Crippen molar-refractivity contribution < 1.29 is 5.11 Å². The van der Waals surface area contributed by atoms with Crippen LogP contribution in [0.1, 0.15) is 66.2 Å². The van der Waals surface area contributed by atoms with Crippen LogP contribution >= 0.6 is 0 Å². The first-order valence-electron chi connectivity index (χ1n) is 8.73. The highest BCUT2D eigenvalue weighted by Crippen LogP contribution is 2.63. The second-order valence-corrected chi connectivity index (χ2v) is 9.17. The quantitative estimate of drug-likeness (QED) is 0.665. The van der Waals surface area contributed by atoms with E-state index < -0.39 is 0 Å². The molecule has 21 heavy (non-hydrogen) atoms. The molecular formula is C20H32O. The monoisotopic (exact) mass is 288 g/mol. The third-order valence-corrected chi connectivity index (χ3v) is 7.09. The van der Waals surface area contributed by atoms with E-state index in [1.807, 2.05) is 0 Å². The standard InChI is InChI=1S/C20H32O/c1-6-19(4)10-9-16-14(11-19)7-8-17-18(2,3)12-15(21)13-20(16,17)5/h6,11,15-17,21H,1,7-10,12-13H2,2-5H3/t15-,16-,17-,19-,20+/m1/s1. The molecule has 0 heterocycles. The normalized spacial score (nSPS) is 48.8. The van der Waals surface area contributed by atoms with E-state index in [9.17, 15) is 5.11 Å². The van der Waals surface area contributed by atoms with Gasteiger partial charge in [0, 0.05) is 5.41 Å². The molecule has 0 aromatic carbocycles. The first kappa shape index (κ1) is 15.3. The molecule has 0 amide bonds. The molecule has 3 rings (SSSR count). The van der Waals surface area contributed by atoms with E-state index in [4.69, 9.17) is 0 Å². The van der Waals surface area contributed by atoms with E-state index >= 15 is 0 Å². The van der Waals surface area contributed by atoms with Crippen LogP contribution in [-0.2, 0) is 0 Å². The Morgan fingerprint density at radius 1 is 1.19 bits per heavy atom. The Morgan fingerprint density at radius 2 is 1.90 bits per heavy atom. The van der Waals surface area contributed by atoms with Gasteiger partial charge in [0.05, 0.1) is 6.10 Å². The maximum atomic E-state index is 10.5. The zero-order valence-corrected chi connectivity index (χ0v) is 14.3. The summed E-state index contributed by atoms with van der Waals surface area (Å²) in [4.78, 5) is 0. The van der Waals surface area contributed by atoms with Gasteiger partial charge in [-0.15, -0.1) is 6.58 Å². The van der Waals surface area contributed by atoms with E-state index in [1.165, 1.54) is 25.7 Å². The van der Waals surface area contributed by atoms with E-state index in [2.05, 4.69) is 46.4 Å². The van der Waals surface area contributed by atoms with Gasteiger partial charge in [-0.05, 0) is 61.2 Å². The molecular weight excluding hydrogens is 256 g/mol. The Morgan fingerprint density at radius 3 is 2.57 bits per heavy atom. The largest absolute Gasteiger partial charge is 0.393 e. The topological polar surface area (TPSA) is 20.2 Å². The number of allylic oxidation sites excluding steroid dienone is 3. The van der Waals surface area contributed by atoms with Crippen LogP contribution in [-0.4, -0.2) is 11.2 Å². The summed E-state index contributed by atoms with van der Waals surface area (Å²) < 4.78 is 0. The van der Waals surface area contributed by atoms with Crippen LogP contribution in [0.25, 0.3) is 0 Å². The van der Waals surface area contributed by atoms with Gasteiger partial charge in [-0.3, -0.25) is 0 Å².